The van der Waals surface area contributed by atoms with Gasteiger partial charge in [-0.1, -0.05) is 32.4 Å². The van der Waals surface area contributed by atoms with Gasteiger partial charge >= 0.3 is 0 Å². The topological polar surface area (TPSA) is 20.2 Å². The monoisotopic (exact) mass is 224 g/mol. The van der Waals surface area contributed by atoms with E-state index < -0.39 is 6.10 Å². The van der Waals surface area contributed by atoms with Crippen LogP contribution in [-0.2, 0) is 0 Å². The van der Waals surface area contributed by atoms with Gasteiger partial charge in [0.2, 0.25) is 0 Å². The second-order valence-corrected chi connectivity index (χ2v) is 4.14. The quantitative estimate of drug-likeness (QED) is 0.543. The van der Waals surface area contributed by atoms with Crippen molar-refractivity contribution >= 4 is 23.2 Å². The molecule has 0 aromatic heterocycles. The average molecular weight is 225 g/mol. The summed E-state index contributed by atoms with van der Waals surface area (Å²) in [6, 6.07) is 0. The van der Waals surface area contributed by atoms with Crippen LogP contribution in [0.4, 0.5) is 0 Å². The number of unbranched alkanes of at least 4 members (excludes halogenated alkanes) is 1. The first-order valence-corrected chi connectivity index (χ1v) is 5.63. The summed E-state index contributed by atoms with van der Waals surface area (Å²) in [7, 11) is 0. The Morgan fingerprint density at radius 2 is 1.92 bits per heavy atom. The van der Waals surface area contributed by atoms with Crippen LogP contribution in [0.25, 0.3) is 0 Å². The lowest BCUT2D eigenvalue weighted by Crippen LogP contribution is -2.28. The maximum absolute atomic E-state index is 9.57. The highest BCUT2D eigenvalue weighted by atomic mass is 35.5. The lowest BCUT2D eigenvalue weighted by molar-refractivity contribution is 0.173. The van der Waals surface area contributed by atoms with Crippen molar-refractivity contribution in [3.05, 3.63) is 12.2 Å². The molecule has 0 aromatic rings. The van der Waals surface area contributed by atoms with Gasteiger partial charge in [0.05, 0.1) is 16.9 Å². The van der Waals surface area contributed by atoms with Crippen molar-refractivity contribution in [3.8, 4) is 0 Å². The molecule has 0 amide bonds. The van der Waals surface area contributed by atoms with Crippen molar-refractivity contribution in [1.29, 1.82) is 0 Å². The van der Waals surface area contributed by atoms with E-state index in [1.54, 1.807) is 0 Å². The molecule has 0 aromatic carbocycles. The molecule has 0 saturated carbocycles. The predicted molar refractivity (Wildman–Crippen MR) is 59.6 cm³/mol. The van der Waals surface area contributed by atoms with Gasteiger partial charge in [0.1, 0.15) is 0 Å². The van der Waals surface area contributed by atoms with E-state index in [1.165, 1.54) is 0 Å². The fourth-order valence-electron chi connectivity index (χ4n) is 0.948. The number of allylic oxidation sites excluding steroid dienone is 1. The van der Waals surface area contributed by atoms with Crippen molar-refractivity contribution in [1.82, 2.24) is 0 Å². The van der Waals surface area contributed by atoms with Crippen LogP contribution in [0, 0.1) is 0 Å². The molecule has 1 nitrogen and oxygen atoms in total. The smallest absolute Gasteiger partial charge is 0.0902 e. The first kappa shape index (κ1) is 13.3. The number of hydrogen-bond acceptors (Lipinski definition) is 1. The number of halogens is 2. The molecule has 78 valence electrons. The minimum absolute atomic E-state index is 0.256. The molecule has 0 saturated heterocycles. The highest BCUT2D eigenvalue weighted by molar-refractivity contribution is 6.25. The molecule has 0 unspecified atom stereocenters. The second kappa shape index (κ2) is 7.66. The summed E-state index contributed by atoms with van der Waals surface area (Å²) < 4.78 is 0. The summed E-state index contributed by atoms with van der Waals surface area (Å²) in [4.78, 5) is 0. The van der Waals surface area contributed by atoms with Gasteiger partial charge in [-0.05, 0) is 12.8 Å². The van der Waals surface area contributed by atoms with Gasteiger partial charge in [-0.2, -0.15) is 0 Å². The minimum atomic E-state index is -0.651. The molecule has 0 rings (SSSR count). The van der Waals surface area contributed by atoms with Crippen LogP contribution in [0.15, 0.2) is 12.2 Å². The zero-order valence-electron chi connectivity index (χ0n) is 8.21. The molecule has 0 aliphatic heterocycles. The molecule has 0 aliphatic rings. The Labute approximate surface area is 90.7 Å². The van der Waals surface area contributed by atoms with Gasteiger partial charge in [0.15, 0.2) is 0 Å². The van der Waals surface area contributed by atoms with Crippen LogP contribution in [0.5, 0.6) is 0 Å². The zero-order valence-corrected chi connectivity index (χ0v) is 9.72. The first-order chi connectivity index (χ1) is 6.13. The van der Waals surface area contributed by atoms with Gasteiger partial charge in [0.25, 0.3) is 0 Å². The SMILES string of the molecule is CCC/C=C/[C@@H](Cl)[C@H](O)[C@H](Cl)CC. The minimum Gasteiger partial charge on any atom is -0.390 e. The summed E-state index contributed by atoms with van der Waals surface area (Å²) in [6.07, 6.45) is 5.97. The summed E-state index contributed by atoms with van der Waals surface area (Å²) >= 11 is 11.8. The molecule has 0 bridgehead atoms. The molecular weight excluding hydrogens is 207 g/mol. The molecule has 0 radical (unpaired) electrons. The Hall–Kier alpha value is 0.280. The molecule has 0 heterocycles. The van der Waals surface area contributed by atoms with Crippen molar-refractivity contribution < 1.29 is 5.11 Å². The third kappa shape index (κ3) is 5.56. The molecule has 0 fully saturated rings. The molecule has 3 atom stereocenters. The molecule has 0 aliphatic carbocycles. The standard InChI is InChI=1S/C10H18Cl2O/c1-3-5-6-7-9(12)10(13)8(11)4-2/h6-10,13H,3-5H2,1-2H3/b7-6+/t8-,9-,10-/m1/s1. The van der Waals surface area contributed by atoms with Crippen molar-refractivity contribution in [3.63, 3.8) is 0 Å². The number of alkyl halides is 2. The first-order valence-electron chi connectivity index (χ1n) is 4.76. The summed E-state index contributed by atoms with van der Waals surface area (Å²) in [5.74, 6) is 0. The maximum atomic E-state index is 9.57. The Bertz CT molecular complexity index is 148. The lowest BCUT2D eigenvalue weighted by atomic mass is 10.1. The van der Waals surface area contributed by atoms with Crippen LogP contribution < -0.4 is 0 Å². The van der Waals surface area contributed by atoms with Gasteiger partial charge in [-0.3, -0.25) is 0 Å². The average Bonchev–Trinajstić information content (AvgIpc) is 2.15. The molecule has 1 N–H and O–H groups in total. The Morgan fingerprint density at radius 3 is 2.38 bits per heavy atom. The fourth-order valence-corrected chi connectivity index (χ4v) is 1.46. The van der Waals surface area contributed by atoms with E-state index in [9.17, 15) is 5.11 Å². The summed E-state index contributed by atoms with van der Waals surface area (Å²) in [6.45, 7) is 4.03. The largest absolute Gasteiger partial charge is 0.390 e. The van der Waals surface area contributed by atoms with Crippen molar-refractivity contribution in [2.24, 2.45) is 0 Å². The van der Waals surface area contributed by atoms with E-state index in [0.717, 1.165) is 19.3 Å². The Morgan fingerprint density at radius 1 is 1.31 bits per heavy atom. The Kier molecular flexibility index (Phi) is 7.83. The molecular formula is C10H18Cl2O. The zero-order chi connectivity index (χ0) is 10.3. The van der Waals surface area contributed by atoms with E-state index in [4.69, 9.17) is 23.2 Å². The van der Waals surface area contributed by atoms with Gasteiger partial charge in [0, 0.05) is 0 Å². The predicted octanol–water partition coefficient (Wildman–Crippen LogP) is 3.33. The fraction of sp³-hybridized carbons (Fsp3) is 0.800. The van der Waals surface area contributed by atoms with E-state index in [2.05, 4.69) is 6.92 Å². The van der Waals surface area contributed by atoms with Crippen LogP contribution in [0.3, 0.4) is 0 Å². The molecule has 13 heavy (non-hydrogen) atoms. The highest BCUT2D eigenvalue weighted by Crippen LogP contribution is 2.16. The number of aliphatic hydroxyl groups excluding tert-OH is 1. The van der Waals surface area contributed by atoms with Crippen LogP contribution in [0.2, 0.25) is 0 Å². The Balaban J connectivity index is 3.87. The normalized spacial score (nSPS) is 18.8. The van der Waals surface area contributed by atoms with Crippen LogP contribution >= 0.6 is 23.2 Å². The van der Waals surface area contributed by atoms with E-state index in [-0.39, 0.29) is 10.8 Å². The van der Waals surface area contributed by atoms with Crippen molar-refractivity contribution in [2.45, 2.75) is 50.0 Å². The third-order valence-electron chi connectivity index (χ3n) is 1.86. The van der Waals surface area contributed by atoms with Crippen molar-refractivity contribution in [2.75, 3.05) is 0 Å². The summed E-state index contributed by atoms with van der Waals surface area (Å²) in [5.41, 5.74) is 0. The number of rotatable bonds is 6. The van der Waals surface area contributed by atoms with E-state index in [1.807, 2.05) is 19.1 Å². The highest BCUT2D eigenvalue weighted by Gasteiger charge is 2.20. The third-order valence-corrected chi connectivity index (χ3v) is 2.83. The van der Waals surface area contributed by atoms with Crippen LogP contribution in [-0.4, -0.2) is 22.0 Å². The summed E-state index contributed by atoms with van der Waals surface area (Å²) in [5, 5.41) is 8.95. The van der Waals surface area contributed by atoms with Crippen LogP contribution in [0.1, 0.15) is 33.1 Å². The molecule has 3 heteroatoms. The second-order valence-electron chi connectivity index (χ2n) is 3.08. The van der Waals surface area contributed by atoms with Gasteiger partial charge < -0.3 is 5.11 Å². The molecule has 0 spiro atoms. The van der Waals surface area contributed by atoms with Gasteiger partial charge in [-0.25, -0.2) is 0 Å². The number of aliphatic hydroxyl groups is 1. The van der Waals surface area contributed by atoms with E-state index in [0.29, 0.717) is 0 Å². The lowest BCUT2D eigenvalue weighted by Gasteiger charge is -2.17. The van der Waals surface area contributed by atoms with E-state index >= 15 is 0 Å². The number of hydrogen-bond donors (Lipinski definition) is 1. The van der Waals surface area contributed by atoms with Gasteiger partial charge in [-0.15, -0.1) is 23.2 Å². The maximum Gasteiger partial charge on any atom is 0.0902 e.